The number of hydroxylamine groups is 2. The Kier molecular flexibility index (Phi) is 6.85. The van der Waals surface area contributed by atoms with Crippen LogP contribution in [0.1, 0.15) is 71.6 Å². The molecule has 1 aliphatic heterocycles. The van der Waals surface area contributed by atoms with Crippen LogP contribution in [0.15, 0.2) is 54.6 Å². The van der Waals surface area contributed by atoms with Crippen LogP contribution in [-0.4, -0.2) is 36.9 Å². The first-order valence-corrected chi connectivity index (χ1v) is 11.4. The van der Waals surface area contributed by atoms with Gasteiger partial charge in [-0.3, -0.25) is 4.84 Å². The monoisotopic (exact) mass is 424 g/mol. The van der Waals surface area contributed by atoms with Crippen molar-refractivity contribution < 1.29 is 9.57 Å². The first-order valence-electron chi connectivity index (χ1n) is 11.4. The van der Waals surface area contributed by atoms with Crippen LogP contribution in [-0.2, 0) is 15.1 Å². The molecule has 2 aromatic carbocycles. The third-order valence-electron chi connectivity index (χ3n) is 6.30. The summed E-state index contributed by atoms with van der Waals surface area (Å²) in [5.74, 6) is 0. The molecule has 0 spiro atoms. The summed E-state index contributed by atoms with van der Waals surface area (Å²) in [5.41, 5.74) is 3.12. The Morgan fingerprint density at radius 2 is 1.55 bits per heavy atom. The predicted molar refractivity (Wildman–Crippen MR) is 129 cm³/mol. The quantitative estimate of drug-likeness (QED) is 0.518. The van der Waals surface area contributed by atoms with Gasteiger partial charge in [0, 0.05) is 25.3 Å². The van der Waals surface area contributed by atoms with Crippen molar-refractivity contribution in [3.05, 3.63) is 65.7 Å². The van der Waals surface area contributed by atoms with Crippen molar-refractivity contribution in [3.63, 3.8) is 0 Å². The van der Waals surface area contributed by atoms with Gasteiger partial charge in [-0.1, -0.05) is 42.5 Å². The van der Waals surface area contributed by atoms with Crippen molar-refractivity contribution in [2.45, 2.75) is 77.2 Å². The molecule has 31 heavy (non-hydrogen) atoms. The summed E-state index contributed by atoms with van der Waals surface area (Å²) >= 11 is 0. The smallest absolute Gasteiger partial charge is 0.128 e. The summed E-state index contributed by atoms with van der Waals surface area (Å²) in [4.78, 5) is 8.99. The molecule has 0 radical (unpaired) electrons. The van der Waals surface area contributed by atoms with Crippen LogP contribution in [0.25, 0.3) is 0 Å². The fourth-order valence-corrected chi connectivity index (χ4v) is 4.37. The van der Waals surface area contributed by atoms with E-state index in [2.05, 4.69) is 114 Å². The van der Waals surface area contributed by atoms with Gasteiger partial charge < -0.3 is 9.64 Å². The molecule has 1 aliphatic rings. The molecule has 170 valence electrons. The molecule has 0 amide bonds. The minimum absolute atomic E-state index is 0.0796. The van der Waals surface area contributed by atoms with E-state index in [-0.39, 0.29) is 22.8 Å². The zero-order chi connectivity index (χ0) is 22.9. The van der Waals surface area contributed by atoms with E-state index in [4.69, 9.17) is 9.57 Å². The van der Waals surface area contributed by atoms with Crippen molar-refractivity contribution in [2.24, 2.45) is 0 Å². The molecular weight excluding hydrogens is 384 g/mol. The zero-order valence-corrected chi connectivity index (χ0v) is 20.6. The van der Waals surface area contributed by atoms with Gasteiger partial charge in [-0.15, -0.1) is 0 Å². The Hall–Kier alpha value is -1.88. The van der Waals surface area contributed by atoms with Crippen LogP contribution < -0.4 is 4.90 Å². The Bertz CT molecular complexity index is 840. The van der Waals surface area contributed by atoms with E-state index in [0.717, 1.165) is 18.4 Å². The maximum atomic E-state index is 6.85. The minimum atomic E-state index is -0.220. The van der Waals surface area contributed by atoms with Gasteiger partial charge in [-0.05, 0) is 77.6 Å². The molecule has 1 unspecified atom stereocenters. The highest BCUT2D eigenvalue weighted by Crippen LogP contribution is 2.48. The molecule has 0 saturated carbocycles. The fraction of sp³-hybridized carbons (Fsp3) is 0.556. The number of hydrogen-bond acceptors (Lipinski definition) is 4. The molecular formula is C27H40N2O2. The van der Waals surface area contributed by atoms with E-state index in [0.29, 0.717) is 6.61 Å². The van der Waals surface area contributed by atoms with Gasteiger partial charge >= 0.3 is 0 Å². The van der Waals surface area contributed by atoms with E-state index in [9.17, 15) is 0 Å². The lowest BCUT2D eigenvalue weighted by Crippen LogP contribution is -2.49. The van der Waals surface area contributed by atoms with Crippen LogP contribution >= 0.6 is 0 Å². The predicted octanol–water partition coefficient (Wildman–Crippen LogP) is 6.33. The van der Waals surface area contributed by atoms with E-state index >= 15 is 0 Å². The maximum Gasteiger partial charge on any atom is 0.128 e. The van der Waals surface area contributed by atoms with Gasteiger partial charge in [0.15, 0.2) is 0 Å². The van der Waals surface area contributed by atoms with Crippen molar-refractivity contribution in [2.75, 3.05) is 25.6 Å². The molecule has 4 heteroatoms. The lowest BCUT2D eigenvalue weighted by atomic mass is 9.90. The average Bonchev–Trinajstić information content (AvgIpc) is 2.95. The molecule has 1 saturated heterocycles. The highest BCUT2D eigenvalue weighted by molar-refractivity contribution is 5.47. The third kappa shape index (κ3) is 5.49. The van der Waals surface area contributed by atoms with Gasteiger partial charge in [0.25, 0.3) is 0 Å². The number of hydrogen-bond donors (Lipinski definition) is 0. The lowest BCUT2D eigenvalue weighted by molar-refractivity contribution is -0.289. The normalized spacial score (nSPS) is 22.5. The van der Waals surface area contributed by atoms with Crippen LogP contribution in [0, 0.1) is 0 Å². The van der Waals surface area contributed by atoms with Crippen molar-refractivity contribution >= 4 is 5.69 Å². The SMILES string of the molecule is CN(C)c1ccc(C2(C)CCC(C)(C)N2O[C@H](COC(C)(C)C)c2ccccc2)cc1. The van der Waals surface area contributed by atoms with E-state index in [1.807, 2.05) is 6.07 Å². The maximum absolute atomic E-state index is 6.85. The van der Waals surface area contributed by atoms with Gasteiger partial charge in [0.1, 0.15) is 6.10 Å². The number of anilines is 1. The number of ether oxygens (including phenoxy) is 1. The van der Waals surface area contributed by atoms with Crippen molar-refractivity contribution in [1.82, 2.24) is 5.06 Å². The standard InChI is InChI=1S/C27H40N2O2/c1-25(2,3)30-20-24(21-12-10-9-11-13-21)31-29-26(4,5)18-19-27(29,6)22-14-16-23(17-15-22)28(7)8/h9-17,24H,18-20H2,1-8H3/t24-,27?/m1/s1. The molecule has 2 atom stereocenters. The van der Waals surface area contributed by atoms with Gasteiger partial charge in [0.05, 0.1) is 17.7 Å². The molecule has 3 rings (SSSR count). The van der Waals surface area contributed by atoms with E-state index < -0.39 is 0 Å². The van der Waals surface area contributed by atoms with E-state index in [1.54, 1.807) is 0 Å². The number of nitrogens with zero attached hydrogens (tertiary/aromatic N) is 2. The van der Waals surface area contributed by atoms with E-state index in [1.165, 1.54) is 11.3 Å². The van der Waals surface area contributed by atoms with Gasteiger partial charge in [0.2, 0.25) is 0 Å². The van der Waals surface area contributed by atoms with Crippen molar-refractivity contribution in [3.8, 4) is 0 Å². The Balaban J connectivity index is 1.93. The molecule has 0 bridgehead atoms. The minimum Gasteiger partial charge on any atom is -0.378 e. The summed E-state index contributed by atoms with van der Waals surface area (Å²) in [5, 5.41) is 2.24. The van der Waals surface area contributed by atoms with Crippen molar-refractivity contribution in [1.29, 1.82) is 0 Å². The number of rotatable bonds is 7. The van der Waals surface area contributed by atoms with Crippen LogP contribution in [0.5, 0.6) is 0 Å². The topological polar surface area (TPSA) is 24.9 Å². The lowest BCUT2D eigenvalue weighted by Gasteiger charge is -2.43. The summed E-state index contributed by atoms with van der Waals surface area (Å²) in [6.45, 7) is 13.6. The molecule has 0 N–H and O–H groups in total. The molecule has 1 heterocycles. The van der Waals surface area contributed by atoms with Gasteiger partial charge in [-0.25, -0.2) is 0 Å². The Labute approximate surface area is 189 Å². The summed E-state index contributed by atoms with van der Waals surface area (Å²) in [6.07, 6.45) is 1.95. The molecule has 4 nitrogen and oxygen atoms in total. The summed E-state index contributed by atoms with van der Waals surface area (Å²) < 4.78 is 6.18. The zero-order valence-electron chi connectivity index (χ0n) is 20.6. The summed E-state index contributed by atoms with van der Waals surface area (Å²) in [6, 6.07) is 19.3. The molecule has 0 aliphatic carbocycles. The highest BCUT2D eigenvalue weighted by atomic mass is 16.7. The first-order chi connectivity index (χ1) is 14.4. The summed E-state index contributed by atoms with van der Waals surface area (Å²) in [7, 11) is 4.15. The third-order valence-corrected chi connectivity index (χ3v) is 6.30. The first kappa shape index (κ1) is 23.8. The number of benzene rings is 2. The Morgan fingerprint density at radius 1 is 0.935 bits per heavy atom. The second-order valence-electron chi connectivity index (χ2n) is 10.8. The van der Waals surface area contributed by atoms with Gasteiger partial charge in [-0.2, -0.15) is 5.06 Å². The second-order valence-corrected chi connectivity index (χ2v) is 10.8. The second kappa shape index (κ2) is 8.93. The fourth-order valence-electron chi connectivity index (χ4n) is 4.37. The Morgan fingerprint density at radius 3 is 2.10 bits per heavy atom. The van der Waals surface area contributed by atoms with Crippen LogP contribution in [0.3, 0.4) is 0 Å². The molecule has 0 aromatic heterocycles. The molecule has 1 fully saturated rings. The molecule has 2 aromatic rings. The van der Waals surface area contributed by atoms with Crippen LogP contribution in [0.4, 0.5) is 5.69 Å². The highest BCUT2D eigenvalue weighted by Gasteiger charge is 2.50. The largest absolute Gasteiger partial charge is 0.378 e. The van der Waals surface area contributed by atoms with Crippen LogP contribution in [0.2, 0.25) is 0 Å². The average molecular weight is 425 g/mol.